The molecule has 3 nitrogen and oxygen atoms in total. The van der Waals surface area contributed by atoms with E-state index in [-0.39, 0.29) is 5.75 Å². The molecule has 1 unspecified atom stereocenters. The maximum absolute atomic E-state index is 13.5. The summed E-state index contributed by atoms with van der Waals surface area (Å²) in [5.41, 5.74) is 2.23. The van der Waals surface area contributed by atoms with Crippen LogP contribution in [-0.4, -0.2) is 18.8 Å². The molecule has 0 aliphatic carbocycles. The van der Waals surface area contributed by atoms with Gasteiger partial charge in [0.15, 0.2) is 11.6 Å². The molecule has 0 aromatic heterocycles. The quantitative estimate of drug-likeness (QED) is 0.914. The van der Waals surface area contributed by atoms with Crippen molar-refractivity contribution in [1.29, 1.82) is 0 Å². The third-order valence-corrected chi connectivity index (χ3v) is 3.25. The van der Waals surface area contributed by atoms with Gasteiger partial charge >= 0.3 is 0 Å². The molecule has 2 aromatic carbocycles. The number of halogens is 1. The summed E-state index contributed by atoms with van der Waals surface area (Å²) in [5.74, 6) is 0.277. The van der Waals surface area contributed by atoms with Crippen LogP contribution in [0.4, 0.5) is 4.39 Å². The van der Waals surface area contributed by atoms with Gasteiger partial charge in [0.2, 0.25) is 0 Å². The van der Waals surface area contributed by atoms with Crippen LogP contribution in [-0.2, 0) is 0 Å². The molecular formula is C17H19FO3. The first-order valence-electron chi connectivity index (χ1n) is 6.81. The third kappa shape index (κ3) is 3.34. The first-order chi connectivity index (χ1) is 10.1. The van der Waals surface area contributed by atoms with Crippen LogP contribution in [0.15, 0.2) is 36.4 Å². The molecule has 1 N–H and O–H groups in total. The molecular weight excluding hydrogens is 271 g/mol. The highest BCUT2D eigenvalue weighted by Crippen LogP contribution is 2.33. The Kier molecular flexibility index (Phi) is 4.81. The highest BCUT2D eigenvalue weighted by molar-refractivity contribution is 5.44. The van der Waals surface area contributed by atoms with Gasteiger partial charge in [0, 0.05) is 5.56 Å². The van der Waals surface area contributed by atoms with Gasteiger partial charge in [0.25, 0.3) is 0 Å². The Bertz CT molecular complexity index is 625. The molecule has 2 rings (SSSR count). The highest BCUT2D eigenvalue weighted by atomic mass is 19.1. The average Bonchev–Trinajstić information content (AvgIpc) is 2.49. The molecule has 0 aliphatic rings. The van der Waals surface area contributed by atoms with Crippen molar-refractivity contribution in [2.24, 2.45) is 0 Å². The van der Waals surface area contributed by atoms with Crippen LogP contribution in [0, 0.1) is 12.7 Å². The Morgan fingerprint density at radius 2 is 1.90 bits per heavy atom. The van der Waals surface area contributed by atoms with Gasteiger partial charge in [-0.25, -0.2) is 4.39 Å². The number of methoxy groups -OCH3 is 1. The zero-order chi connectivity index (χ0) is 15.4. The van der Waals surface area contributed by atoms with E-state index in [4.69, 9.17) is 9.47 Å². The van der Waals surface area contributed by atoms with Crippen molar-refractivity contribution >= 4 is 0 Å². The molecule has 112 valence electrons. The topological polar surface area (TPSA) is 38.7 Å². The summed E-state index contributed by atoms with van der Waals surface area (Å²) in [6.45, 7) is 4.34. The van der Waals surface area contributed by atoms with Gasteiger partial charge in [-0.3, -0.25) is 0 Å². The van der Waals surface area contributed by atoms with Gasteiger partial charge in [-0.1, -0.05) is 17.7 Å². The molecule has 0 amide bonds. The molecule has 0 radical (unpaired) electrons. The predicted molar refractivity (Wildman–Crippen MR) is 79.4 cm³/mol. The number of aryl methyl sites for hydroxylation is 1. The number of rotatable bonds is 5. The molecule has 0 spiro atoms. The zero-order valence-corrected chi connectivity index (χ0v) is 12.4. The number of hydrogen-bond donors (Lipinski definition) is 1. The largest absolute Gasteiger partial charge is 0.494 e. The summed E-state index contributed by atoms with van der Waals surface area (Å²) in [5, 5.41) is 10.6. The van der Waals surface area contributed by atoms with Gasteiger partial charge < -0.3 is 14.6 Å². The minimum absolute atomic E-state index is 0.108. The summed E-state index contributed by atoms with van der Waals surface area (Å²) in [4.78, 5) is 0. The molecule has 0 heterocycles. The maximum Gasteiger partial charge on any atom is 0.165 e. The Hall–Kier alpha value is -2.07. The summed E-state index contributed by atoms with van der Waals surface area (Å²) in [7, 11) is 1.40. The van der Waals surface area contributed by atoms with E-state index >= 15 is 0 Å². The Balaban J connectivity index is 2.43. The number of aliphatic hydroxyl groups is 1. The fourth-order valence-electron chi connectivity index (χ4n) is 2.19. The SMILES string of the molecule is CCOc1ccc(C)cc1C(O)c1ccc(F)c(OC)c1. The van der Waals surface area contributed by atoms with Gasteiger partial charge in [-0.15, -0.1) is 0 Å². The van der Waals surface area contributed by atoms with Crippen molar-refractivity contribution in [2.45, 2.75) is 20.0 Å². The van der Waals surface area contributed by atoms with E-state index < -0.39 is 11.9 Å². The van der Waals surface area contributed by atoms with Crippen molar-refractivity contribution in [3.8, 4) is 11.5 Å². The fourth-order valence-corrected chi connectivity index (χ4v) is 2.19. The van der Waals surface area contributed by atoms with Gasteiger partial charge in [-0.05, 0) is 43.7 Å². The molecule has 0 saturated carbocycles. The van der Waals surface area contributed by atoms with Crippen molar-refractivity contribution in [2.75, 3.05) is 13.7 Å². The second kappa shape index (κ2) is 6.59. The second-order valence-corrected chi connectivity index (χ2v) is 4.77. The third-order valence-electron chi connectivity index (χ3n) is 3.25. The lowest BCUT2D eigenvalue weighted by atomic mass is 9.98. The fraction of sp³-hybridized carbons (Fsp3) is 0.294. The summed E-state index contributed by atoms with van der Waals surface area (Å²) >= 11 is 0. The van der Waals surface area contributed by atoms with Crippen LogP contribution in [0.1, 0.15) is 29.7 Å². The maximum atomic E-state index is 13.5. The average molecular weight is 290 g/mol. The molecule has 2 aromatic rings. The van der Waals surface area contributed by atoms with Gasteiger partial charge in [0.1, 0.15) is 11.9 Å². The molecule has 4 heteroatoms. The molecule has 0 fully saturated rings. The van der Waals surface area contributed by atoms with Crippen LogP contribution >= 0.6 is 0 Å². The van der Waals surface area contributed by atoms with Gasteiger partial charge in [0.05, 0.1) is 13.7 Å². The van der Waals surface area contributed by atoms with Crippen molar-refractivity contribution in [3.05, 3.63) is 58.9 Å². The lowest BCUT2D eigenvalue weighted by molar-refractivity contribution is 0.211. The minimum Gasteiger partial charge on any atom is -0.494 e. The van der Waals surface area contributed by atoms with Crippen LogP contribution in [0.2, 0.25) is 0 Å². The zero-order valence-electron chi connectivity index (χ0n) is 12.4. The van der Waals surface area contributed by atoms with E-state index in [1.54, 1.807) is 6.07 Å². The van der Waals surface area contributed by atoms with Crippen molar-refractivity contribution < 1.29 is 19.0 Å². The van der Waals surface area contributed by atoms with E-state index in [2.05, 4.69) is 0 Å². The molecule has 1 atom stereocenters. The number of aliphatic hydroxyl groups excluding tert-OH is 1. The van der Waals surface area contributed by atoms with E-state index in [0.717, 1.165) is 5.56 Å². The van der Waals surface area contributed by atoms with Gasteiger partial charge in [-0.2, -0.15) is 0 Å². The first-order valence-corrected chi connectivity index (χ1v) is 6.81. The molecule has 0 saturated heterocycles. The summed E-state index contributed by atoms with van der Waals surface area (Å²) < 4.78 is 24.0. The predicted octanol–water partition coefficient (Wildman–Crippen LogP) is 3.62. The standard InChI is InChI=1S/C17H19FO3/c1-4-21-15-8-5-11(2)9-13(15)17(19)12-6-7-14(18)16(10-12)20-3/h5-10,17,19H,4H2,1-3H3. The lowest BCUT2D eigenvalue weighted by Crippen LogP contribution is -2.05. The molecule has 0 aliphatic heterocycles. The minimum atomic E-state index is -0.902. The van der Waals surface area contributed by atoms with Crippen LogP contribution < -0.4 is 9.47 Å². The van der Waals surface area contributed by atoms with Crippen LogP contribution in [0.3, 0.4) is 0 Å². The first kappa shape index (κ1) is 15.3. The van der Waals surface area contributed by atoms with Crippen molar-refractivity contribution in [3.63, 3.8) is 0 Å². The highest BCUT2D eigenvalue weighted by Gasteiger charge is 2.17. The molecule has 0 bridgehead atoms. The smallest absolute Gasteiger partial charge is 0.165 e. The van der Waals surface area contributed by atoms with Crippen LogP contribution in [0.25, 0.3) is 0 Å². The monoisotopic (exact) mass is 290 g/mol. The van der Waals surface area contributed by atoms with E-state index in [1.807, 2.05) is 32.0 Å². The Morgan fingerprint density at radius 3 is 2.57 bits per heavy atom. The van der Waals surface area contributed by atoms with E-state index in [9.17, 15) is 9.50 Å². The normalized spacial score (nSPS) is 12.0. The van der Waals surface area contributed by atoms with E-state index in [0.29, 0.717) is 23.5 Å². The Labute approximate surface area is 124 Å². The number of hydrogen-bond acceptors (Lipinski definition) is 3. The Morgan fingerprint density at radius 1 is 1.14 bits per heavy atom. The second-order valence-electron chi connectivity index (χ2n) is 4.77. The number of benzene rings is 2. The summed E-state index contributed by atoms with van der Waals surface area (Å²) in [6.07, 6.45) is -0.902. The van der Waals surface area contributed by atoms with Crippen LogP contribution in [0.5, 0.6) is 11.5 Å². The number of ether oxygens (including phenoxy) is 2. The molecule has 21 heavy (non-hydrogen) atoms. The van der Waals surface area contributed by atoms with Crippen molar-refractivity contribution in [1.82, 2.24) is 0 Å². The lowest BCUT2D eigenvalue weighted by Gasteiger charge is -2.17. The summed E-state index contributed by atoms with van der Waals surface area (Å²) in [6, 6.07) is 9.95. The van der Waals surface area contributed by atoms with E-state index in [1.165, 1.54) is 19.2 Å².